The molecule has 130 valence electrons. The largest absolute Gasteiger partial charge is 0.506 e. The molecule has 4 rings (SSSR count). The first kappa shape index (κ1) is 16.4. The van der Waals surface area contributed by atoms with Crippen LogP contribution in [0.5, 0.6) is 11.5 Å². The molecule has 0 amide bonds. The molecule has 0 atom stereocenters. The van der Waals surface area contributed by atoms with Gasteiger partial charge in [0.15, 0.2) is 0 Å². The van der Waals surface area contributed by atoms with Crippen LogP contribution in [0.1, 0.15) is 11.1 Å². The number of benzene rings is 3. The zero-order chi connectivity index (χ0) is 17.9. The molecule has 0 unspecified atom stereocenters. The molecule has 0 fully saturated rings. The lowest BCUT2D eigenvalue weighted by Crippen LogP contribution is -2.06. The minimum atomic E-state index is -0.0718. The van der Waals surface area contributed by atoms with Gasteiger partial charge in [0.2, 0.25) is 0 Å². The molecule has 0 heterocycles. The van der Waals surface area contributed by atoms with Crippen molar-refractivity contribution in [3.05, 3.63) is 77.9 Å². The van der Waals surface area contributed by atoms with E-state index < -0.39 is 0 Å². The minimum Gasteiger partial charge on any atom is -0.506 e. The van der Waals surface area contributed by atoms with Crippen molar-refractivity contribution in [1.82, 2.24) is 0 Å². The number of rotatable bonds is 5. The molecule has 1 aliphatic rings. The fourth-order valence-corrected chi connectivity index (χ4v) is 3.54. The van der Waals surface area contributed by atoms with E-state index in [9.17, 15) is 10.2 Å². The average Bonchev–Trinajstić information content (AvgIpc) is 3.16. The van der Waals surface area contributed by atoms with Crippen molar-refractivity contribution in [2.75, 3.05) is 13.2 Å². The fourth-order valence-electron chi connectivity index (χ4n) is 3.54. The van der Waals surface area contributed by atoms with Crippen molar-refractivity contribution in [3.63, 3.8) is 0 Å². The van der Waals surface area contributed by atoms with Crippen molar-refractivity contribution in [3.8, 4) is 33.8 Å². The van der Waals surface area contributed by atoms with Crippen molar-refractivity contribution < 1.29 is 14.9 Å². The van der Waals surface area contributed by atoms with Crippen LogP contribution in [0.25, 0.3) is 28.3 Å². The summed E-state index contributed by atoms with van der Waals surface area (Å²) < 4.78 is 5.91. The monoisotopic (exact) mass is 344 g/mol. The summed E-state index contributed by atoms with van der Waals surface area (Å²) in [6, 6.07) is 19.7. The molecule has 0 radical (unpaired) electrons. The molecule has 0 saturated carbocycles. The molecule has 2 N–H and O–H groups in total. The number of hydrogen-bond donors (Lipinski definition) is 2. The number of allylic oxidation sites excluding steroid dienone is 1. The number of phenolic OH excluding ortho intramolecular Hbond substituents is 1. The van der Waals surface area contributed by atoms with Crippen molar-refractivity contribution in [2.45, 2.75) is 6.42 Å². The molecular weight excluding hydrogens is 324 g/mol. The first-order chi connectivity index (χ1) is 12.8. The summed E-state index contributed by atoms with van der Waals surface area (Å²) in [5.41, 5.74) is 5.41. The minimum absolute atomic E-state index is 0.0718. The van der Waals surface area contributed by atoms with E-state index in [2.05, 4.69) is 6.08 Å². The Morgan fingerprint density at radius 1 is 0.846 bits per heavy atom. The predicted molar refractivity (Wildman–Crippen MR) is 104 cm³/mol. The smallest absolute Gasteiger partial charge is 0.135 e. The van der Waals surface area contributed by atoms with Gasteiger partial charge in [-0.15, -0.1) is 0 Å². The maximum absolute atomic E-state index is 11.3. The van der Waals surface area contributed by atoms with Crippen LogP contribution in [0.4, 0.5) is 0 Å². The molecule has 0 bridgehead atoms. The van der Waals surface area contributed by atoms with Gasteiger partial charge in [-0.05, 0) is 23.1 Å². The number of aliphatic hydroxyl groups is 1. The second-order valence-corrected chi connectivity index (χ2v) is 6.23. The van der Waals surface area contributed by atoms with Crippen LogP contribution in [0.2, 0.25) is 0 Å². The van der Waals surface area contributed by atoms with E-state index in [1.807, 2.05) is 66.7 Å². The van der Waals surface area contributed by atoms with Gasteiger partial charge in [-0.2, -0.15) is 0 Å². The lowest BCUT2D eigenvalue weighted by atomic mass is 9.89. The number of hydrogen-bond acceptors (Lipinski definition) is 3. The second kappa shape index (κ2) is 7.06. The van der Waals surface area contributed by atoms with Crippen LogP contribution in [-0.4, -0.2) is 23.4 Å². The van der Waals surface area contributed by atoms with E-state index in [1.54, 1.807) is 0 Å². The zero-order valence-electron chi connectivity index (χ0n) is 14.4. The molecule has 0 spiro atoms. The summed E-state index contributed by atoms with van der Waals surface area (Å²) in [7, 11) is 0. The van der Waals surface area contributed by atoms with Crippen LogP contribution < -0.4 is 4.74 Å². The van der Waals surface area contributed by atoms with Gasteiger partial charge in [-0.3, -0.25) is 0 Å². The van der Waals surface area contributed by atoms with Crippen molar-refractivity contribution in [1.29, 1.82) is 0 Å². The molecule has 3 nitrogen and oxygen atoms in total. The third kappa shape index (κ3) is 2.76. The van der Waals surface area contributed by atoms with Crippen LogP contribution >= 0.6 is 0 Å². The third-order valence-electron chi connectivity index (χ3n) is 4.64. The number of phenols is 1. The molecule has 0 saturated heterocycles. The van der Waals surface area contributed by atoms with Crippen molar-refractivity contribution in [2.24, 2.45) is 0 Å². The first-order valence-corrected chi connectivity index (χ1v) is 8.74. The van der Waals surface area contributed by atoms with Gasteiger partial charge >= 0.3 is 0 Å². The van der Waals surface area contributed by atoms with Gasteiger partial charge in [-0.25, -0.2) is 0 Å². The standard InChI is InChI=1S/C23H20O3/c24-14-15-26-23-19-13-7-12-18(19)20(16-8-3-1-4-9-16)22(25)21(23)17-10-5-2-6-11-17/h1-12,24-25H,13-15H2. The summed E-state index contributed by atoms with van der Waals surface area (Å²) in [6.07, 6.45) is 4.87. The molecule has 3 aromatic carbocycles. The fraction of sp³-hybridized carbons (Fsp3) is 0.130. The van der Waals surface area contributed by atoms with Gasteiger partial charge in [0.05, 0.1) is 12.2 Å². The lowest BCUT2D eigenvalue weighted by Gasteiger charge is -2.21. The Hall–Kier alpha value is -3.04. The summed E-state index contributed by atoms with van der Waals surface area (Å²) in [5, 5.41) is 20.5. The van der Waals surface area contributed by atoms with E-state index in [1.165, 1.54) is 0 Å². The molecule has 0 aromatic heterocycles. The van der Waals surface area contributed by atoms with Gasteiger partial charge < -0.3 is 14.9 Å². The van der Waals surface area contributed by atoms with Crippen LogP contribution in [0.3, 0.4) is 0 Å². The van der Waals surface area contributed by atoms with Crippen LogP contribution in [-0.2, 0) is 6.42 Å². The summed E-state index contributed by atoms with van der Waals surface area (Å²) >= 11 is 0. The third-order valence-corrected chi connectivity index (χ3v) is 4.64. The molecule has 1 aliphatic carbocycles. The number of aliphatic hydroxyl groups excluding tert-OH is 1. The predicted octanol–water partition coefficient (Wildman–Crippen LogP) is 4.67. The van der Waals surface area contributed by atoms with Crippen LogP contribution in [0.15, 0.2) is 66.7 Å². The number of aromatic hydroxyl groups is 1. The SMILES string of the molecule is OCCOc1c2c(c(-c3ccccc3)c(O)c1-c1ccccc1)C=CC2. The first-order valence-electron chi connectivity index (χ1n) is 8.74. The van der Waals surface area contributed by atoms with E-state index >= 15 is 0 Å². The van der Waals surface area contributed by atoms with Gasteiger partial charge in [0, 0.05) is 11.1 Å². The Balaban J connectivity index is 2.03. The second-order valence-electron chi connectivity index (χ2n) is 6.23. The highest BCUT2D eigenvalue weighted by molar-refractivity contribution is 5.94. The Morgan fingerprint density at radius 3 is 2.08 bits per heavy atom. The topological polar surface area (TPSA) is 49.7 Å². The number of ether oxygens (including phenoxy) is 1. The van der Waals surface area contributed by atoms with Gasteiger partial charge in [-0.1, -0.05) is 72.8 Å². The van der Waals surface area contributed by atoms with E-state index in [4.69, 9.17) is 4.74 Å². The van der Waals surface area contributed by atoms with E-state index in [-0.39, 0.29) is 19.0 Å². The Bertz CT molecular complexity index is 944. The molecule has 26 heavy (non-hydrogen) atoms. The highest BCUT2D eigenvalue weighted by Crippen LogP contribution is 2.51. The highest BCUT2D eigenvalue weighted by atomic mass is 16.5. The Morgan fingerprint density at radius 2 is 1.46 bits per heavy atom. The summed E-state index contributed by atoms with van der Waals surface area (Å²) in [4.78, 5) is 0. The van der Waals surface area contributed by atoms with Crippen LogP contribution in [0, 0.1) is 0 Å². The summed E-state index contributed by atoms with van der Waals surface area (Å²) in [6.45, 7) is 0.119. The number of fused-ring (bicyclic) bond motifs is 1. The quantitative estimate of drug-likeness (QED) is 0.707. The normalized spacial score (nSPS) is 12.2. The average molecular weight is 344 g/mol. The lowest BCUT2D eigenvalue weighted by molar-refractivity contribution is 0.200. The maximum atomic E-state index is 11.3. The van der Waals surface area contributed by atoms with Gasteiger partial charge in [0.1, 0.15) is 18.1 Å². The van der Waals surface area contributed by atoms with Crippen molar-refractivity contribution >= 4 is 6.08 Å². The summed E-state index contributed by atoms with van der Waals surface area (Å²) in [5.74, 6) is 0.864. The molecule has 0 aliphatic heterocycles. The highest BCUT2D eigenvalue weighted by Gasteiger charge is 2.26. The Labute approximate surface area is 152 Å². The molecular formula is C23H20O3. The Kier molecular flexibility index (Phi) is 4.46. The van der Waals surface area contributed by atoms with E-state index in [0.717, 1.165) is 34.2 Å². The molecule has 3 aromatic rings. The van der Waals surface area contributed by atoms with Gasteiger partial charge in [0.25, 0.3) is 0 Å². The maximum Gasteiger partial charge on any atom is 0.135 e. The van der Waals surface area contributed by atoms with E-state index in [0.29, 0.717) is 11.3 Å². The molecule has 3 heteroatoms. The zero-order valence-corrected chi connectivity index (χ0v) is 14.4.